The van der Waals surface area contributed by atoms with Crippen molar-refractivity contribution in [1.29, 1.82) is 0 Å². The molecule has 0 heterocycles. The Balaban J connectivity index is 2.99. The van der Waals surface area contributed by atoms with Crippen LogP contribution in [0, 0.1) is 0 Å². The maximum Gasteiger partial charge on any atom is 0.312 e. The van der Waals surface area contributed by atoms with Crippen LogP contribution in [0.25, 0.3) is 0 Å². The smallest absolute Gasteiger partial charge is 0.312 e. The Morgan fingerprint density at radius 3 is 1.67 bits per heavy atom. The fourth-order valence-electron chi connectivity index (χ4n) is 0.874. The van der Waals surface area contributed by atoms with Gasteiger partial charge >= 0.3 is 12.1 Å². The van der Waals surface area contributed by atoms with Gasteiger partial charge in [0.05, 0.1) is 0 Å². The fraction of sp³-hybridized carbons (Fsp3) is 0.750. The van der Waals surface area contributed by atoms with E-state index in [1.807, 2.05) is 0 Å². The zero-order chi connectivity index (χ0) is 11.5. The number of rotatable bonds is 8. The molecule has 7 heteroatoms. The van der Waals surface area contributed by atoms with E-state index < -0.39 is 12.1 Å². The SMILES string of the molecule is NC(=O)NCCCOCCCNC(N)=O. The zero-order valence-electron chi connectivity index (χ0n) is 8.62. The lowest BCUT2D eigenvalue weighted by atomic mass is 10.4. The standard InChI is InChI=1S/C8H18N4O3/c9-7(13)11-3-1-5-15-6-2-4-12-8(10)14/h1-6H2,(H3,9,11,13)(H3,10,12,14). The van der Waals surface area contributed by atoms with Crippen molar-refractivity contribution in [3.8, 4) is 0 Å². The van der Waals surface area contributed by atoms with Crippen LogP contribution in [0.15, 0.2) is 0 Å². The molecule has 0 aromatic rings. The van der Waals surface area contributed by atoms with Crippen LogP contribution in [0.3, 0.4) is 0 Å². The Hall–Kier alpha value is -1.50. The quantitative estimate of drug-likeness (QED) is 0.396. The van der Waals surface area contributed by atoms with Gasteiger partial charge in [-0.1, -0.05) is 0 Å². The van der Waals surface area contributed by atoms with E-state index in [1.54, 1.807) is 0 Å². The van der Waals surface area contributed by atoms with Crippen LogP contribution in [0.4, 0.5) is 9.59 Å². The van der Waals surface area contributed by atoms with Crippen molar-refractivity contribution >= 4 is 12.1 Å². The molecule has 0 unspecified atom stereocenters. The van der Waals surface area contributed by atoms with Crippen molar-refractivity contribution in [2.24, 2.45) is 11.5 Å². The average molecular weight is 218 g/mol. The van der Waals surface area contributed by atoms with Gasteiger partial charge in [0.25, 0.3) is 0 Å². The highest BCUT2D eigenvalue weighted by molar-refractivity contribution is 5.71. The molecule has 0 radical (unpaired) electrons. The third-order valence-electron chi connectivity index (χ3n) is 1.53. The second-order valence-corrected chi connectivity index (χ2v) is 2.90. The molecule has 0 rings (SSSR count). The number of ether oxygens (including phenoxy) is 1. The van der Waals surface area contributed by atoms with Gasteiger partial charge in [0, 0.05) is 26.3 Å². The van der Waals surface area contributed by atoms with E-state index in [4.69, 9.17) is 16.2 Å². The number of primary amides is 2. The first-order chi connectivity index (χ1) is 7.13. The molecule has 15 heavy (non-hydrogen) atoms. The number of nitrogens with two attached hydrogens (primary N) is 2. The monoisotopic (exact) mass is 218 g/mol. The van der Waals surface area contributed by atoms with Crippen LogP contribution in [-0.4, -0.2) is 38.4 Å². The number of carbonyl (C=O) groups is 2. The van der Waals surface area contributed by atoms with Crippen molar-refractivity contribution in [2.75, 3.05) is 26.3 Å². The second kappa shape index (κ2) is 9.07. The molecule has 0 saturated heterocycles. The van der Waals surface area contributed by atoms with Crippen LogP contribution in [0.2, 0.25) is 0 Å². The Morgan fingerprint density at radius 2 is 1.33 bits per heavy atom. The van der Waals surface area contributed by atoms with Gasteiger partial charge in [0.15, 0.2) is 0 Å². The average Bonchev–Trinajstić information content (AvgIpc) is 2.14. The van der Waals surface area contributed by atoms with Gasteiger partial charge < -0.3 is 26.8 Å². The van der Waals surface area contributed by atoms with Crippen molar-refractivity contribution in [2.45, 2.75) is 12.8 Å². The molecule has 7 nitrogen and oxygen atoms in total. The van der Waals surface area contributed by atoms with Crippen LogP contribution < -0.4 is 22.1 Å². The summed E-state index contributed by atoms with van der Waals surface area (Å²) in [5, 5.41) is 4.90. The Labute approximate surface area is 88.5 Å². The molecule has 0 saturated carbocycles. The number of nitrogens with one attached hydrogen (secondary N) is 2. The minimum atomic E-state index is -0.527. The molecule has 0 aliphatic rings. The molecule has 88 valence electrons. The van der Waals surface area contributed by atoms with Gasteiger partial charge in [0.1, 0.15) is 0 Å². The lowest BCUT2D eigenvalue weighted by molar-refractivity contribution is 0.130. The highest BCUT2D eigenvalue weighted by atomic mass is 16.5. The summed E-state index contributed by atoms with van der Waals surface area (Å²) in [5.74, 6) is 0. The molecule has 0 bridgehead atoms. The molecule has 4 amide bonds. The maximum absolute atomic E-state index is 10.3. The molecule has 0 spiro atoms. The van der Waals surface area contributed by atoms with Gasteiger partial charge in [-0.2, -0.15) is 0 Å². The molecule has 0 aromatic heterocycles. The number of hydrogen-bond donors (Lipinski definition) is 4. The first-order valence-electron chi connectivity index (χ1n) is 4.77. The lowest BCUT2D eigenvalue weighted by Gasteiger charge is -2.04. The van der Waals surface area contributed by atoms with Gasteiger partial charge in [-0.25, -0.2) is 9.59 Å². The summed E-state index contributed by atoms with van der Waals surface area (Å²) >= 11 is 0. The normalized spacial score (nSPS) is 9.60. The molecule has 0 aliphatic heterocycles. The summed E-state index contributed by atoms with van der Waals surface area (Å²) in [7, 11) is 0. The van der Waals surface area contributed by atoms with Crippen LogP contribution in [-0.2, 0) is 4.74 Å². The van der Waals surface area contributed by atoms with Gasteiger partial charge in [-0.3, -0.25) is 0 Å². The Kier molecular flexibility index (Phi) is 8.16. The van der Waals surface area contributed by atoms with E-state index in [0.29, 0.717) is 39.1 Å². The number of urea groups is 2. The fourth-order valence-corrected chi connectivity index (χ4v) is 0.874. The lowest BCUT2D eigenvalue weighted by Crippen LogP contribution is -2.31. The van der Waals surface area contributed by atoms with Crippen molar-refractivity contribution in [1.82, 2.24) is 10.6 Å². The summed E-state index contributed by atoms with van der Waals surface area (Å²) in [6.07, 6.45) is 1.43. The van der Waals surface area contributed by atoms with E-state index in [1.165, 1.54) is 0 Å². The summed E-state index contributed by atoms with van der Waals surface area (Å²) in [5.41, 5.74) is 9.72. The van der Waals surface area contributed by atoms with Gasteiger partial charge in [0.2, 0.25) is 0 Å². The first kappa shape index (κ1) is 13.5. The molecular weight excluding hydrogens is 200 g/mol. The first-order valence-corrected chi connectivity index (χ1v) is 4.77. The van der Waals surface area contributed by atoms with Gasteiger partial charge in [-0.05, 0) is 12.8 Å². The highest BCUT2D eigenvalue weighted by Gasteiger charge is 1.93. The van der Waals surface area contributed by atoms with Crippen molar-refractivity contribution in [3.63, 3.8) is 0 Å². The summed E-state index contributed by atoms with van der Waals surface area (Å²) in [4.78, 5) is 20.5. The molecular formula is C8H18N4O3. The number of amides is 4. The highest BCUT2D eigenvalue weighted by Crippen LogP contribution is 1.84. The van der Waals surface area contributed by atoms with Gasteiger partial charge in [-0.15, -0.1) is 0 Å². The molecule has 0 atom stereocenters. The van der Waals surface area contributed by atoms with E-state index in [2.05, 4.69) is 10.6 Å². The summed E-state index contributed by atoms with van der Waals surface area (Å²) in [6, 6.07) is -1.05. The van der Waals surface area contributed by atoms with E-state index >= 15 is 0 Å². The van der Waals surface area contributed by atoms with Crippen LogP contribution in [0.5, 0.6) is 0 Å². The molecule has 0 aromatic carbocycles. The van der Waals surface area contributed by atoms with Crippen LogP contribution in [0.1, 0.15) is 12.8 Å². The Bertz CT molecular complexity index is 178. The Morgan fingerprint density at radius 1 is 0.933 bits per heavy atom. The zero-order valence-corrected chi connectivity index (χ0v) is 8.62. The largest absolute Gasteiger partial charge is 0.381 e. The minimum absolute atomic E-state index is 0.509. The van der Waals surface area contributed by atoms with Crippen molar-refractivity contribution in [3.05, 3.63) is 0 Å². The number of carbonyl (C=O) groups excluding carboxylic acids is 2. The summed E-state index contributed by atoms with van der Waals surface area (Å²) in [6.45, 7) is 2.12. The number of hydrogen-bond acceptors (Lipinski definition) is 3. The maximum atomic E-state index is 10.3. The molecule has 0 fully saturated rings. The molecule has 0 aliphatic carbocycles. The predicted octanol–water partition coefficient (Wildman–Crippen LogP) is -0.880. The summed E-state index contributed by atoms with van der Waals surface area (Å²) < 4.78 is 5.21. The van der Waals surface area contributed by atoms with Crippen molar-refractivity contribution < 1.29 is 14.3 Å². The minimum Gasteiger partial charge on any atom is -0.381 e. The third kappa shape index (κ3) is 12.5. The van der Waals surface area contributed by atoms with E-state index in [9.17, 15) is 9.59 Å². The predicted molar refractivity (Wildman–Crippen MR) is 55.2 cm³/mol. The van der Waals surface area contributed by atoms with Crippen LogP contribution >= 0.6 is 0 Å². The topological polar surface area (TPSA) is 119 Å². The second-order valence-electron chi connectivity index (χ2n) is 2.90. The molecule has 6 N–H and O–H groups in total. The van der Waals surface area contributed by atoms with E-state index in [0.717, 1.165) is 0 Å². The third-order valence-corrected chi connectivity index (χ3v) is 1.53. The van der Waals surface area contributed by atoms with E-state index in [-0.39, 0.29) is 0 Å².